The first kappa shape index (κ1) is 17.4. The van der Waals surface area contributed by atoms with E-state index in [4.69, 9.17) is 17.3 Å². The van der Waals surface area contributed by atoms with Gasteiger partial charge in [-0.15, -0.1) is 11.8 Å². The third kappa shape index (κ3) is 3.34. The molecule has 1 atom stereocenters. The van der Waals surface area contributed by atoms with Crippen molar-refractivity contribution < 1.29 is 0 Å². The van der Waals surface area contributed by atoms with Crippen LogP contribution in [0.5, 0.6) is 0 Å². The summed E-state index contributed by atoms with van der Waals surface area (Å²) < 4.78 is 2.05. The molecule has 24 heavy (non-hydrogen) atoms. The molecule has 8 heteroatoms. The molecule has 2 N–H and O–H groups in total. The van der Waals surface area contributed by atoms with Crippen LogP contribution in [-0.2, 0) is 7.05 Å². The van der Waals surface area contributed by atoms with Gasteiger partial charge in [-0.05, 0) is 32.2 Å². The fourth-order valence-electron chi connectivity index (χ4n) is 2.49. The molecule has 0 aromatic carbocycles. The predicted octanol–water partition coefficient (Wildman–Crippen LogP) is 4.48. The van der Waals surface area contributed by atoms with Gasteiger partial charge in [0, 0.05) is 24.2 Å². The monoisotopic (exact) mass is 379 g/mol. The van der Waals surface area contributed by atoms with Gasteiger partial charge >= 0.3 is 0 Å². The second-order valence-corrected chi connectivity index (χ2v) is 7.99. The zero-order valence-corrected chi connectivity index (χ0v) is 16.3. The second-order valence-electron chi connectivity index (χ2n) is 5.50. The molecule has 0 radical (unpaired) electrons. The lowest BCUT2D eigenvalue weighted by molar-refractivity contribution is 0.887. The fraction of sp³-hybridized carbons (Fsp3) is 0.312. The molecule has 0 aliphatic heterocycles. The number of aryl methyl sites for hydroxylation is 2. The van der Waals surface area contributed by atoms with Gasteiger partial charge in [-0.1, -0.05) is 23.4 Å². The summed E-state index contributed by atoms with van der Waals surface area (Å²) in [5.41, 5.74) is 8.86. The van der Waals surface area contributed by atoms with Gasteiger partial charge < -0.3 is 10.3 Å². The number of pyridine rings is 1. The number of aromatic nitrogens is 4. The molecule has 3 aromatic rings. The highest BCUT2D eigenvalue weighted by Gasteiger charge is 2.16. The minimum Gasteiger partial charge on any atom is -0.384 e. The third-order valence-electron chi connectivity index (χ3n) is 3.84. The Bertz CT molecular complexity index is 909. The lowest BCUT2D eigenvalue weighted by atomic mass is 10.2. The lowest BCUT2D eigenvalue weighted by Gasteiger charge is -2.12. The number of halogens is 1. The molecule has 1 unspecified atom stereocenters. The van der Waals surface area contributed by atoms with E-state index in [0.717, 1.165) is 27.3 Å². The van der Waals surface area contributed by atoms with Crippen LogP contribution in [0, 0.1) is 6.92 Å². The maximum Gasteiger partial charge on any atom is 0.191 e. The molecule has 3 aromatic heterocycles. The van der Waals surface area contributed by atoms with Gasteiger partial charge in [-0.25, -0.2) is 15.0 Å². The Morgan fingerprint density at radius 3 is 2.67 bits per heavy atom. The molecule has 5 nitrogen and oxygen atoms in total. The maximum absolute atomic E-state index is 6.40. The van der Waals surface area contributed by atoms with Crippen LogP contribution >= 0.6 is 35.1 Å². The van der Waals surface area contributed by atoms with E-state index in [9.17, 15) is 0 Å². The van der Waals surface area contributed by atoms with E-state index in [1.54, 1.807) is 17.8 Å². The zero-order valence-electron chi connectivity index (χ0n) is 13.9. The van der Waals surface area contributed by atoms with Gasteiger partial charge in [-0.3, -0.25) is 0 Å². The summed E-state index contributed by atoms with van der Waals surface area (Å²) >= 11 is 9.47. The molecule has 3 heterocycles. The van der Waals surface area contributed by atoms with Crippen LogP contribution in [0.1, 0.15) is 23.6 Å². The molecule has 0 saturated heterocycles. The summed E-state index contributed by atoms with van der Waals surface area (Å²) in [6.45, 7) is 4.12. The summed E-state index contributed by atoms with van der Waals surface area (Å²) in [7, 11) is 1.99. The van der Waals surface area contributed by atoms with Crippen molar-refractivity contribution in [1.82, 2.24) is 19.5 Å². The quantitative estimate of drug-likeness (QED) is 0.312. The summed E-state index contributed by atoms with van der Waals surface area (Å²) in [4.78, 5) is 13.4. The first-order valence-electron chi connectivity index (χ1n) is 7.36. The Hall–Kier alpha value is -1.44. The Morgan fingerprint density at radius 2 is 1.96 bits per heavy atom. The van der Waals surface area contributed by atoms with E-state index in [1.807, 2.05) is 13.3 Å². The highest BCUT2D eigenvalue weighted by Crippen LogP contribution is 2.36. The third-order valence-corrected chi connectivity index (χ3v) is 5.72. The maximum atomic E-state index is 6.40. The molecule has 0 saturated carbocycles. The van der Waals surface area contributed by atoms with Crippen molar-refractivity contribution in [3.05, 3.63) is 34.7 Å². The van der Waals surface area contributed by atoms with Crippen LogP contribution < -0.4 is 5.73 Å². The summed E-state index contributed by atoms with van der Waals surface area (Å²) in [6, 6.07) is 5.97. The number of nitrogens with two attached hydrogens (primary N) is 1. The number of fused-ring (bicyclic) bond motifs is 1. The molecule has 3 rings (SSSR count). The summed E-state index contributed by atoms with van der Waals surface area (Å²) in [5.74, 6) is 0.476. The molecule has 0 spiro atoms. The van der Waals surface area contributed by atoms with E-state index in [1.165, 1.54) is 11.8 Å². The van der Waals surface area contributed by atoms with Crippen LogP contribution in [0.25, 0.3) is 10.9 Å². The van der Waals surface area contributed by atoms with Crippen LogP contribution in [0.2, 0.25) is 5.15 Å². The van der Waals surface area contributed by atoms with Crippen LogP contribution in [0.15, 0.2) is 28.4 Å². The number of thioether (sulfide) groups is 2. The van der Waals surface area contributed by atoms with E-state index >= 15 is 0 Å². The average molecular weight is 380 g/mol. The number of hydrogen-bond donors (Lipinski definition) is 1. The first-order chi connectivity index (χ1) is 11.4. The normalized spacial score (nSPS) is 12.7. The van der Waals surface area contributed by atoms with Crippen molar-refractivity contribution in [2.45, 2.75) is 29.3 Å². The Kier molecular flexibility index (Phi) is 4.94. The van der Waals surface area contributed by atoms with Crippen molar-refractivity contribution in [2.24, 2.45) is 7.05 Å². The molecule has 0 amide bonds. The fourth-order valence-corrected chi connectivity index (χ4v) is 4.16. The van der Waals surface area contributed by atoms with E-state index in [0.29, 0.717) is 16.1 Å². The summed E-state index contributed by atoms with van der Waals surface area (Å²) in [6.07, 6.45) is 1.96. The predicted molar refractivity (Wildman–Crippen MR) is 103 cm³/mol. The molecule has 0 aliphatic rings. The van der Waals surface area contributed by atoms with Gasteiger partial charge in [0.15, 0.2) is 10.3 Å². The molecule has 0 fully saturated rings. The molecule has 126 valence electrons. The highest BCUT2D eigenvalue weighted by atomic mass is 35.5. The van der Waals surface area contributed by atoms with Gasteiger partial charge in [0.2, 0.25) is 0 Å². The largest absolute Gasteiger partial charge is 0.384 e. The lowest BCUT2D eigenvalue weighted by Crippen LogP contribution is -2.00. The minimum absolute atomic E-state index is 0.0592. The van der Waals surface area contributed by atoms with Gasteiger partial charge in [-0.2, -0.15) is 0 Å². The van der Waals surface area contributed by atoms with E-state index in [2.05, 4.69) is 45.5 Å². The van der Waals surface area contributed by atoms with Crippen molar-refractivity contribution >= 4 is 51.8 Å². The smallest absolute Gasteiger partial charge is 0.191 e. The summed E-state index contributed by atoms with van der Waals surface area (Å²) in [5, 5.41) is 3.18. The second kappa shape index (κ2) is 6.82. The number of nitrogens with zero attached hydrogens (tertiary/aromatic N) is 4. The van der Waals surface area contributed by atoms with Crippen molar-refractivity contribution in [1.29, 1.82) is 0 Å². The molecular formula is C16H18ClN5S2. The Labute approximate surface area is 154 Å². The van der Waals surface area contributed by atoms with Crippen molar-refractivity contribution in [2.75, 3.05) is 12.0 Å². The van der Waals surface area contributed by atoms with Crippen LogP contribution in [-0.4, -0.2) is 25.8 Å². The number of nitrogen functional groups attached to an aromatic ring is 1. The number of rotatable bonds is 4. The SMILES string of the molecule is CSc1cc(N)nc(SC(C)c2cc3cc(C)n(C)c3c(Cl)n2)n1. The molecule has 0 aliphatic carbocycles. The van der Waals surface area contributed by atoms with E-state index in [-0.39, 0.29) is 5.25 Å². The van der Waals surface area contributed by atoms with Crippen molar-refractivity contribution in [3.8, 4) is 0 Å². The van der Waals surface area contributed by atoms with Gasteiger partial charge in [0.1, 0.15) is 10.8 Å². The van der Waals surface area contributed by atoms with Gasteiger partial charge in [0.05, 0.1) is 16.5 Å². The number of anilines is 1. The van der Waals surface area contributed by atoms with Gasteiger partial charge in [0.25, 0.3) is 0 Å². The minimum atomic E-state index is 0.0592. The Morgan fingerprint density at radius 1 is 1.21 bits per heavy atom. The van der Waals surface area contributed by atoms with E-state index < -0.39 is 0 Å². The first-order valence-corrected chi connectivity index (χ1v) is 9.85. The molecule has 0 bridgehead atoms. The van der Waals surface area contributed by atoms with Crippen molar-refractivity contribution in [3.63, 3.8) is 0 Å². The average Bonchev–Trinajstić information content (AvgIpc) is 2.81. The molecular weight excluding hydrogens is 362 g/mol. The standard InChI is InChI=1S/C16H18ClN5S2/c1-8-5-10-6-11(19-15(17)14(10)22(8)3)9(2)24-16-20-12(18)7-13(21-16)23-4/h5-7,9H,1-4H3,(H2,18,20,21). The number of hydrogen-bond acceptors (Lipinski definition) is 6. The Balaban J connectivity index is 1.94. The zero-order chi connectivity index (χ0) is 17.4. The highest BCUT2D eigenvalue weighted by molar-refractivity contribution is 7.99. The van der Waals surface area contributed by atoms with Crippen LogP contribution in [0.3, 0.4) is 0 Å². The van der Waals surface area contributed by atoms with Crippen LogP contribution in [0.4, 0.5) is 5.82 Å². The topological polar surface area (TPSA) is 69.6 Å².